The van der Waals surface area contributed by atoms with Gasteiger partial charge in [-0.15, -0.1) is 0 Å². The first-order chi connectivity index (χ1) is 11.0. The first-order valence-corrected chi connectivity index (χ1v) is 6.82. The number of anilines is 3. The summed E-state index contributed by atoms with van der Waals surface area (Å²) in [5.74, 6) is -0.644. The molecule has 0 saturated heterocycles. The highest BCUT2D eigenvalue weighted by atomic mass is 19.1. The van der Waals surface area contributed by atoms with Gasteiger partial charge >= 0.3 is 0 Å². The van der Waals surface area contributed by atoms with Gasteiger partial charge in [0.15, 0.2) is 11.6 Å². The molecule has 8 heteroatoms. The van der Waals surface area contributed by atoms with E-state index in [0.29, 0.717) is 5.82 Å². The average Bonchev–Trinajstić information content (AvgIpc) is 2.83. The average molecular weight is 316 g/mol. The van der Waals surface area contributed by atoms with Gasteiger partial charge in [-0.1, -0.05) is 0 Å². The Balaban J connectivity index is 2.03. The minimum Gasteiger partial charge on any atom is -0.393 e. The van der Waals surface area contributed by atoms with Crippen molar-refractivity contribution in [1.82, 2.24) is 19.7 Å². The first-order valence-electron chi connectivity index (χ1n) is 6.82. The van der Waals surface area contributed by atoms with Gasteiger partial charge in [-0.05, 0) is 32.0 Å². The summed E-state index contributed by atoms with van der Waals surface area (Å²) in [6.07, 6.45) is 1.28. The van der Waals surface area contributed by atoms with Crippen LogP contribution in [0.1, 0.15) is 11.4 Å². The van der Waals surface area contributed by atoms with Crippen LogP contribution in [0.5, 0.6) is 0 Å². The molecule has 2 heterocycles. The highest BCUT2D eigenvalue weighted by molar-refractivity contribution is 5.74. The van der Waals surface area contributed by atoms with E-state index in [9.17, 15) is 8.78 Å². The Morgan fingerprint density at radius 3 is 2.61 bits per heavy atom. The molecule has 0 atom stereocenters. The number of aryl methyl sites for hydroxylation is 2. The second-order valence-electron chi connectivity index (χ2n) is 5.05. The van der Waals surface area contributed by atoms with Gasteiger partial charge in [0.2, 0.25) is 0 Å². The SMILES string of the molecule is Cc1cc(C)n(-c2ncnc(Nc3cc(F)ccc3F)c2N)n1. The molecule has 6 nitrogen and oxygen atoms in total. The van der Waals surface area contributed by atoms with Gasteiger partial charge in [0.1, 0.15) is 23.6 Å². The molecule has 2 aromatic heterocycles. The summed E-state index contributed by atoms with van der Waals surface area (Å²) in [6, 6.07) is 4.96. The highest BCUT2D eigenvalue weighted by Gasteiger charge is 2.14. The lowest BCUT2D eigenvalue weighted by Crippen LogP contribution is -2.10. The lowest BCUT2D eigenvalue weighted by atomic mass is 10.3. The van der Waals surface area contributed by atoms with E-state index in [1.807, 2.05) is 19.9 Å². The van der Waals surface area contributed by atoms with Crippen LogP contribution < -0.4 is 11.1 Å². The van der Waals surface area contributed by atoms with Gasteiger partial charge in [0, 0.05) is 11.8 Å². The molecule has 3 rings (SSSR count). The fraction of sp³-hybridized carbons (Fsp3) is 0.133. The third kappa shape index (κ3) is 2.83. The third-order valence-electron chi connectivity index (χ3n) is 3.25. The number of nitrogen functional groups attached to an aromatic ring is 1. The molecule has 0 saturated carbocycles. The number of rotatable bonds is 3. The number of nitrogens with zero attached hydrogens (tertiary/aromatic N) is 4. The molecule has 0 aliphatic heterocycles. The number of nitrogens with one attached hydrogen (secondary N) is 1. The van der Waals surface area contributed by atoms with Crippen molar-refractivity contribution in [2.45, 2.75) is 13.8 Å². The van der Waals surface area contributed by atoms with Gasteiger partial charge in [-0.3, -0.25) is 0 Å². The Bertz CT molecular complexity index is 874. The normalized spacial score (nSPS) is 10.8. The van der Waals surface area contributed by atoms with Crippen LogP contribution in [-0.2, 0) is 0 Å². The molecule has 0 radical (unpaired) electrons. The van der Waals surface area contributed by atoms with E-state index in [2.05, 4.69) is 20.4 Å². The minimum atomic E-state index is -0.614. The van der Waals surface area contributed by atoms with Crippen LogP contribution in [0.15, 0.2) is 30.6 Å². The third-order valence-corrected chi connectivity index (χ3v) is 3.25. The van der Waals surface area contributed by atoms with Crippen LogP contribution in [0.25, 0.3) is 5.82 Å². The predicted octanol–water partition coefficient (Wildman–Crippen LogP) is 2.88. The van der Waals surface area contributed by atoms with Gasteiger partial charge in [0.05, 0.1) is 11.4 Å². The molecule has 0 fully saturated rings. The van der Waals surface area contributed by atoms with Gasteiger partial charge in [-0.2, -0.15) is 5.10 Å². The monoisotopic (exact) mass is 316 g/mol. The van der Waals surface area contributed by atoms with Crippen LogP contribution in [0.3, 0.4) is 0 Å². The molecule has 23 heavy (non-hydrogen) atoms. The maximum atomic E-state index is 13.7. The van der Waals surface area contributed by atoms with Crippen molar-refractivity contribution in [1.29, 1.82) is 0 Å². The zero-order valence-electron chi connectivity index (χ0n) is 12.5. The van der Waals surface area contributed by atoms with Crippen molar-refractivity contribution < 1.29 is 8.78 Å². The van der Waals surface area contributed by atoms with E-state index in [1.165, 1.54) is 6.33 Å². The van der Waals surface area contributed by atoms with Crippen LogP contribution in [-0.4, -0.2) is 19.7 Å². The Labute approximate surface area is 131 Å². The molecule has 1 aromatic carbocycles. The van der Waals surface area contributed by atoms with Gasteiger partial charge in [0.25, 0.3) is 0 Å². The molecule has 0 amide bonds. The number of hydrogen-bond acceptors (Lipinski definition) is 5. The van der Waals surface area contributed by atoms with Crippen molar-refractivity contribution in [2.24, 2.45) is 0 Å². The number of hydrogen-bond donors (Lipinski definition) is 2. The zero-order valence-corrected chi connectivity index (χ0v) is 12.5. The summed E-state index contributed by atoms with van der Waals surface area (Å²) < 4.78 is 28.6. The lowest BCUT2D eigenvalue weighted by molar-refractivity contribution is 0.603. The number of aromatic nitrogens is 4. The summed E-state index contributed by atoms with van der Waals surface area (Å²) in [7, 11) is 0. The van der Waals surface area contributed by atoms with Gasteiger partial charge < -0.3 is 11.1 Å². The zero-order chi connectivity index (χ0) is 16.6. The van der Waals surface area contributed by atoms with Crippen molar-refractivity contribution in [3.8, 4) is 5.82 Å². The van der Waals surface area contributed by atoms with Crippen molar-refractivity contribution in [2.75, 3.05) is 11.1 Å². The lowest BCUT2D eigenvalue weighted by Gasteiger charge is -2.12. The van der Waals surface area contributed by atoms with E-state index in [-0.39, 0.29) is 17.2 Å². The Hall–Kier alpha value is -3.03. The summed E-state index contributed by atoms with van der Waals surface area (Å²) in [5.41, 5.74) is 7.84. The molecule has 0 aliphatic rings. The summed E-state index contributed by atoms with van der Waals surface area (Å²) in [4.78, 5) is 8.11. The first kappa shape index (κ1) is 14.9. The quantitative estimate of drug-likeness (QED) is 0.776. The van der Waals surface area contributed by atoms with Crippen LogP contribution in [0.4, 0.5) is 26.0 Å². The second kappa shape index (κ2) is 5.64. The maximum Gasteiger partial charge on any atom is 0.182 e. The topological polar surface area (TPSA) is 81.7 Å². The van der Waals surface area contributed by atoms with Crippen LogP contribution in [0.2, 0.25) is 0 Å². The summed E-state index contributed by atoms with van der Waals surface area (Å²) in [6.45, 7) is 3.71. The standard InChI is InChI=1S/C15H14F2N6/c1-8-5-9(2)23(22-8)15-13(18)14(19-7-20-15)21-12-6-10(16)3-4-11(12)17/h3-7H,18H2,1-2H3,(H,19,20,21). The summed E-state index contributed by atoms with van der Waals surface area (Å²) >= 11 is 0. The van der Waals surface area contributed by atoms with Crippen molar-refractivity contribution >= 4 is 17.2 Å². The molecule has 0 bridgehead atoms. The largest absolute Gasteiger partial charge is 0.393 e. The van der Waals surface area contributed by atoms with E-state index < -0.39 is 11.6 Å². The second-order valence-corrected chi connectivity index (χ2v) is 5.05. The number of benzene rings is 1. The smallest absolute Gasteiger partial charge is 0.182 e. The molecule has 118 valence electrons. The van der Waals surface area contributed by atoms with E-state index in [1.54, 1.807) is 4.68 Å². The fourth-order valence-electron chi connectivity index (χ4n) is 2.22. The Kier molecular flexibility index (Phi) is 3.65. The Morgan fingerprint density at radius 2 is 1.91 bits per heavy atom. The Morgan fingerprint density at radius 1 is 1.13 bits per heavy atom. The van der Waals surface area contributed by atoms with Crippen LogP contribution >= 0.6 is 0 Å². The molecule has 3 N–H and O–H groups in total. The highest BCUT2D eigenvalue weighted by Crippen LogP contribution is 2.27. The van der Waals surface area contributed by atoms with Crippen molar-refractivity contribution in [3.05, 3.63) is 53.6 Å². The molecule has 0 aliphatic carbocycles. The van der Waals surface area contributed by atoms with E-state index in [0.717, 1.165) is 29.6 Å². The van der Waals surface area contributed by atoms with E-state index in [4.69, 9.17) is 5.73 Å². The van der Waals surface area contributed by atoms with E-state index >= 15 is 0 Å². The van der Waals surface area contributed by atoms with Crippen LogP contribution in [0, 0.1) is 25.5 Å². The predicted molar refractivity (Wildman–Crippen MR) is 82.7 cm³/mol. The van der Waals surface area contributed by atoms with Gasteiger partial charge in [-0.25, -0.2) is 23.4 Å². The molecule has 3 aromatic rings. The molecular weight excluding hydrogens is 302 g/mol. The summed E-state index contributed by atoms with van der Waals surface area (Å²) in [5, 5.41) is 6.99. The number of halogens is 2. The van der Waals surface area contributed by atoms with Crippen molar-refractivity contribution in [3.63, 3.8) is 0 Å². The maximum absolute atomic E-state index is 13.7. The fourth-order valence-corrected chi connectivity index (χ4v) is 2.22. The molecular formula is C15H14F2N6. The number of nitrogens with two attached hydrogens (primary N) is 1. The molecule has 0 unspecified atom stereocenters. The minimum absolute atomic E-state index is 0.0604. The molecule has 0 spiro atoms.